The van der Waals surface area contributed by atoms with E-state index < -0.39 is 6.43 Å². The molecule has 10 heteroatoms. The van der Waals surface area contributed by atoms with Gasteiger partial charge in [0.1, 0.15) is 10.5 Å². The van der Waals surface area contributed by atoms with Crippen LogP contribution in [-0.2, 0) is 0 Å². The largest absolute Gasteiger partial charge is 0.355 e. The highest BCUT2D eigenvalue weighted by Gasteiger charge is 2.27. The lowest BCUT2D eigenvalue weighted by Gasteiger charge is -2.24. The first kappa shape index (κ1) is 25.6. The van der Waals surface area contributed by atoms with Gasteiger partial charge in [0.15, 0.2) is 0 Å². The molecule has 0 amide bonds. The molecule has 1 aliphatic heterocycles. The van der Waals surface area contributed by atoms with Crippen LogP contribution in [0.4, 0.5) is 14.6 Å². The van der Waals surface area contributed by atoms with Gasteiger partial charge in [0.2, 0.25) is 0 Å². The standard InChI is InChI=1S/C25H23ClF2N4OS.ClH/c1-30(15-22(27)28)20-9-10-31(14-20)23-7-6-19(13-29-23)32-11-8-17-12-21(34-24(17)25(32)33)16-2-4-18(26)5-3-16;/h2-8,11-13,20,22H,9-10,14-15H2,1H3;1H/t20-;/m1./s1. The molecule has 5 nitrogen and oxygen atoms in total. The fourth-order valence-corrected chi connectivity index (χ4v) is 5.59. The molecule has 1 atom stereocenters. The predicted molar refractivity (Wildman–Crippen MR) is 142 cm³/mol. The van der Waals surface area contributed by atoms with E-state index in [0.29, 0.717) is 22.0 Å². The molecule has 1 aromatic carbocycles. The van der Waals surface area contributed by atoms with Crippen molar-refractivity contribution in [3.05, 3.63) is 76.3 Å². The van der Waals surface area contributed by atoms with Crippen molar-refractivity contribution in [1.29, 1.82) is 0 Å². The fourth-order valence-electron chi connectivity index (χ4n) is 4.37. The quantitative estimate of drug-likeness (QED) is 0.304. The number of rotatable bonds is 6. The Labute approximate surface area is 217 Å². The topological polar surface area (TPSA) is 41.4 Å². The Morgan fingerprint density at radius 2 is 1.97 bits per heavy atom. The first-order chi connectivity index (χ1) is 16.4. The van der Waals surface area contributed by atoms with Gasteiger partial charge in [-0.2, -0.15) is 0 Å². The molecule has 1 fully saturated rings. The number of hydrogen-bond donors (Lipinski definition) is 0. The molecule has 0 aliphatic carbocycles. The van der Waals surface area contributed by atoms with Crippen LogP contribution < -0.4 is 10.5 Å². The van der Waals surface area contributed by atoms with Crippen LogP contribution in [0, 0.1) is 0 Å². The monoisotopic (exact) mass is 536 g/mol. The molecule has 184 valence electrons. The number of aromatic nitrogens is 2. The summed E-state index contributed by atoms with van der Waals surface area (Å²) in [5.74, 6) is 0.784. The molecule has 0 radical (unpaired) electrons. The SMILES string of the molecule is CN(CC(F)F)[C@@H]1CCN(c2ccc(-n3ccc4cc(-c5ccc(Cl)cc5)sc4c3=O)cn2)C1.Cl. The summed E-state index contributed by atoms with van der Waals surface area (Å²) < 4.78 is 27.7. The van der Waals surface area contributed by atoms with E-state index in [0.717, 1.165) is 34.6 Å². The van der Waals surface area contributed by atoms with E-state index in [1.807, 2.05) is 48.5 Å². The summed E-state index contributed by atoms with van der Waals surface area (Å²) in [7, 11) is 1.74. The zero-order valence-corrected chi connectivity index (χ0v) is 21.3. The van der Waals surface area contributed by atoms with Gasteiger partial charge in [0.25, 0.3) is 12.0 Å². The summed E-state index contributed by atoms with van der Waals surface area (Å²) in [6, 6.07) is 15.4. The van der Waals surface area contributed by atoms with Crippen LogP contribution in [-0.4, -0.2) is 53.6 Å². The van der Waals surface area contributed by atoms with E-state index in [-0.39, 0.29) is 30.6 Å². The minimum atomic E-state index is -2.34. The Morgan fingerprint density at radius 3 is 2.66 bits per heavy atom. The van der Waals surface area contributed by atoms with Crippen LogP contribution in [0.15, 0.2) is 65.7 Å². The molecule has 3 aromatic heterocycles. The highest BCUT2D eigenvalue weighted by atomic mass is 35.5. The number of halogens is 4. The van der Waals surface area contributed by atoms with Crippen LogP contribution in [0.2, 0.25) is 5.02 Å². The lowest BCUT2D eigenvalue weighted by Crippen LogP contribution is -2.37. The molecule has 35 heavy (non-hydrogen) atoms. The number of thiophene rings is 1. The second kappa shape index (κ2) is 10.6. The highest BCUT2D eigenvalue weighted by Crippen LogP contribution is 2.32. The summed E-state index contributed by atoms with van der Waals surface area (Å²) >= 11 is 7.45. The number of benzene rings is 1. The van der Waals surface area contributed by atoms with Gasteiger partial charge in [0.05, 0.1) is 18.4 Å². The first-order valence-electron chi connectivity index (χ1n) is 11.0. The average Bonchev–Trinajstić information content (AvgIpc) is 3.48. The summed E-state index contributed by atoms with van der Waals surface area (Å²) in [5, 5.41) is 1.57. The van der Waals surface area contributed by atoms with Crippen molar-refractivity contribution in [3.8, 4) is 16.1 Å². The van der Waals surface area contributed by atoms with Crippen LogP contribution in [0.3, 0.4) is 0 Å². The third-order valence-corrected chi connectivity index (χ3v) is 7.69. The molecular weight excluding hydrogens is 513 g/mol. The Kier molecular flexibility index (Phi) is 7.76. The van der Waals surface area contributed by atoms with Crippen LogP contribution in [0.1, 0.15) is 6.42 Å². The number of nitrogens with zero attached hydrogens (tertiary/aromatic N) is 4. The zero-order valence-electron chi connectivity index (χ0n) is 18.9. The molecule has 1 saturated heterocycles. The Hall–Kier alpha value is -2.52. The third-order valence-electron chi connectivity index (χ3n) is 6.25. The molecule has 0 saturated carbocycles. The van der Waals surface area contributed by atoms with Gasteiger partial charge in [-0.15, -0.1) is 23.7 Å². The maximum absolute atomic E-state index is 13.2. The molecule has 4 heterocycles. The van der Waals surface area contributed by atoms with Crippen molar-refractivity contribution < 1.29 is 8.78 Å². The van der Waals surface area contributed by atoms with Gasteiger partial charge in [0, 0.05) is 40.6 Å². The smallest absolute Gasteiger partial charge is 0.273 e. The number of fused-ring (bicyclic) bond motifs is 1. The molecule has 0 unspecified atom stereocenters. The molecule has 1 aliphatic rings. The lowest BCUT2D eigenvalue weighted by atomic mass is 10.2. The second-order valence-electron chi connectivity index (χ2n) is 8.49. The lowest BCUT2D eigenvalue weighted by molar-refractivity contribution is 0.0848. The molecule has 0 spiro atoms. The summed E-state index contributed by atoms with van der Waals surface area (Å²) in [5.41, 5.74) is 1.61. The van der Waals surface area contributed by atoms with Gasteiger partial charge in [-0.05, 0) is 55.4 Å². The number of likely N-dealkylation sites (N-methyl/N-ethyl adjacent to an activating group) is 1. The van der Waals surface area contributed by atoms with Gasteiger partial charge in [-0.1, -0.05) is 23.7 Å². The first-order valence-corrected chi connectivity index (χ1v) is 12.2. The molecule has 5 rings (SSSR count). The van der Waals surface area contributed by atoms with E-state index in [9.17, 15) is 13.6 Å². The van der Waals surface area contributed by atoms with Crippen LogP contribution >= 0.6 is 35.3 Å². The third kappa shape index (κ3) is 5.35. The normalized spacial score (nSPS) is 15.8. The van der Waals surface area contributed by atoms with E-state index in [4.69, 9.17) is 11.6 Å². The van der Waals surface area contributed by atoms with E-state index in [2.05, 4.69) is 9.88 Å². The van der Waals surface area contributed by atoms with E-state index >= 15 is 0 Å². The van der Waals surface area contributed by atoms with Gasteiger partial charge >= 0.3 is 0 Å². The average molecular weight is 537 g/mol. The van der Waals surface area contributed by atoms with Crippen molar-refractivity contribution in [2.45, 2.75) is 18.9 Å². The number of hydrogen-bond acceptors (Lipinski definition) is 5. The van der Waals surface area contributed by atoms with Crippen molar-refractivity contribution in [1.82, 2.24) is 14.5 Å². The second-order valence-corrected chi connectivity index (χ2v) is 9.98. The van der Waals surface area contributed by atoms with Crippen LogP contribution in [0.25, 0.3) is 26.2 Å². The minimum absolute atomic E-state index is 0. The molecule has 0 bridgehead atoms. The van der Waals surface area contributed by atoms with Gasteiger partial charge < -0.3 is 4.90 Å². The molecule has 0 N–H and O–H groups in total. The van der Waals surface area contributed by atoms with Crippen molar-refractivity contribution in [2.24, 2.45) is 0 Å². The van der Waals surface area contributed by atoms with Crippen LogP contribution in [0.5, 0.6) is 0 Å². The summed E-state index contributed by atoms with van der Waals surface area (Å²) in [6.45, 7) is 1.20. The predicted octanol–water partition coefficient (Wildman–Crippen LogP) is 5.97. The molecule has 4 aromatic rings. The maximum Gasteiger partial charge on any atom is 0.273 e. The Bertz CT molecular complexity index is 1360. The van der Waals surface area contributed by atoms with Crippen molar-refractivity contribution in [2.75, 3.05) is 31.6 Å². The van der Waals surface area contributed by atoms with Crippen molar-refractivity contribution in [3.63, 3.8) is 0 Å². The highest BCUT2D eigenvalue weighted by molar-refractivity contribution is 7.22. The maximum atomic E-state index is 13.2. The van der Waals surface area contributed by atoms with Gasteiger partial charge in [-0.25, -0.2) is 13.8 Å². The summed E-state index contributed by atoms with van der Waals surface area (Å²) in [4.78, 5) is 22.6. The Balaban J connectivity index is 0.00000289. The Morgan fingerprint density at radius 1 is 1.20 bits per heavy atom. The van der Waals surface area contributed by atoms with E-state index in [1.54, 1.807) is 28.9 Å². The zero-order chi connectivity index (χ0) is 23.8. The molecular formula is C25H24Cl2F2N4OS. The van der Waals surface area contributed by atoms with Gasteiger partial charge in [-0.3, -0.25) is 14.3 Å². The van der Waals surface area contributed by atoms with Crippen molar-refractivity contribution >= 4 is 51.2 Å². The number of pyridine rings is 2. The summed E-state index contributed by atoms with van der Waals surface area (Å²) in [6.07, 6.45) is 1.94. The fraction of sp³-hybridized carbons (Fsp3) is 0.280. The number of anilines is 1. The number of alkyl halides is 2. The minimum Gasteiger partial charge on any atom is -0.355 e. The van der Waals surface area contributed by atoms with E-state index in [1.165, 1.54) is 11.3 Å².